The molecule has 71 heavy (non-hydrogen) atoms. The number of hydrogen-bond donors (Lipinski definition) is 5. The summed E-state index contributed by atoms with van der Waals surface area (Å²) in [5.74, 6) is -9.33. The third kappa shape index (κ3) is 18.4. The van der Waals surface area contributed by atoms with Crippen LogP contribution in [-0.2, 0) is 47.9 Å². The number of carbonyl (C=O) groups excluding carboxylic acids is 9. The number of aliphatic carboxylic acids is 1. The second kappa shape index (κ2) is 29.9. The van der Waals surface area contributed by atoms with Crippen LogP contribution in [0.15, 0.2) is 0 Å². The van der Waals surface area contributed by atoms with Crippen LogP contribution in [0.1, 0.15) is 142 Å². The van der Waals surface area contributed by atoms with Crippen LogP contribution in [0.25, 0.3) is 0 Å². The molecule has 0 aliphatic heterocycles. The molecule has 0 aromatic heterocycles. The summed E-state index contributed by atoms with van der Waals surface area (Å²) in [5.41, 5.74) is 5.29. The highest BCUT2D eigenvalue weighted by Crippen LogP contribution is 2.27. The largest absolute Gasteiger partial charge is 0.480 e. The highest BCUT2D eigenvalue weighted by molar-refractivity contribution is 5.98. The molecule has 20 nitrogen and oxygen atoms in total. The number of nitrogens with zero attached hydrogens (tertiary/aromatic N) is 5. The van der Waals surface area contributed by atoms with E-state index in [1.165, 1.54) is 66.7 Å². The van der Waals surface area contributed by atoms with Gasteiger partial charge < -0.3 is 51.3 Å². The van der Waals surface area contributed by atoms with E-state index in [0.717, 1.165) is 0 Å². The van der Waals surface area contributed by atoms with Gasteiger partial charge in [-0.3, -0.25) is 43.2 Å². The van der Waals surface area contributed by atoms with Crippen molar-refractivity contribution < 1.29 is 53.1 Å². The first-order chi connectivity index (χ1) is 32.7. The molecule has 0 heterocycles. The van der Waals surface area contributed by atoms with Crippen molar-refractivity contribution in [1.82, 2.24) is 40.4 Å². The molecule has 0 aliphatic carbocycles. The van der Waals surface area contributed by atoms with E-state index in [4.69, 9.17) is 5.73 Å². The first-order valence-electron chi connectivity index (χ1n) is 25.4. The fourth-order valence-corrected chi connectivity index (χ4v) is 8.93. The molecule has 0 spiro atoms. The van der Waals surface area contributed by atoms with Crippen molar-refractivity contribution in [3.05, 3.63) is 0 Å². The van der Waals surface area contributed by atoms with E-state index < -0.39 is 131 Å². The molecular weight excluding hydrogens is 915 g/mol. The van der Waals surface area contributed by atoms with Crippen LogP contribution in [0.5, 0.6) is 0 Å². The molecule has 0 rings (SSSR count). The first kappa shape index (κ1) is 65.7. The second-order valence-electron chi connectivity index (χ2n) is 21.1. The maximum Gasteiger partial charge on any atom is 0.326 e. The summed E-state index contributed by atoms with van der Waals surface area (Å²) in [4.78, 5) is 143. The minimum atomic E-state index is -1.18. The predicted molar refractivity (Wildman–Crippen MR) is 273 cm³/mol. The molecule has 0 fully saturated rings. The first-order valence-corrected chi connectivity index (χ1v) is 25.4. The molecule has 0 bridgehead atoms. The van der Waals surface area contributed by atoms with Gasteiger partial charge in [-0.15, -0.1) is 0 Å². The van der Waals surface area contributed by atoms with Gasteiger partial charge in [-0.1, -0.05) is 116 Å². The Balaban J connectivity index is 7.04. The lowest BCUT2D eigenvalue weighted by Gasteiger charge is -2.42. The average Bonchev–Trinajstić information content (AvgIpc) is 3.28. The summed E-state index contributed by atoms with van der Waals surface area (Å²) < 4.78 is 0. The number of carboxylic acids is 1. The number of rotatable bonds is 30. The monoisotopic (exact) mass is 1010 g/mol. The number of carboxylic acid groups (broad SMARTS) is 1. The summed E-state index contributed by atoms with van der Waals surface area (Å²) >= 11 is 0. The molecule has 0 aromatic carbocycles. The van der Waals surface area contributed by atoms with Gasteiger partial charge in [-0.25, -0.2) is 4.79 Å². The van der Waals surface area contributed by atoms with Crippen LogP contribution in [0.2, 0.25) is 0 Å². The Morgan fingerprint density at radius 3 is 1.17 bits per heavy atom. The molecule has 0 radical (unpaired) electrons. The van der Waals surface area contributed by atoms with Crippen LogP contribution < -0.4 is 21.7 Å². The van der Waals surface area contributed by atoms with Crippen LogP contribution >= 0.6 is 0 Å². The zero-order valence-corrected chi connectivity index (χ0v) is 46.7. The number of amides is 9. The fourth-order valence-electron chi connectivity index (χ4n) is 8.93. The Labute approximate surface area is 424 Å². The van der Waals surface area contributed by atoms with Gasteiger partial charge in [0.15, 0.2) is 0 Å². The standard InChI is InChI=1S/C51H93N9O11/c1-21-31(12)41(49(68)59(19)42(32(13)22-2)50(69)60(20)43(51(70)71)33(14)23-3)58(18)48(67)40(30(10)11)57(17)47(66)39(29(8)9)55-45(64)36(26-27(4)5)56(16)46(65)38(28(6)7)54-44(63)35(53-34(15)61)24-25-37(52)62/h27-33,35-36,38-43H,21-26H2,1-20H3,(H2,52,62)(H,53,61)(H,54,63)(H,55,64)(H,70,71)/t31-,32-,33-,35+,36-,38-,39-,40-,41-,42-,43-/m0/s1. The Morgan fingerprint density at radius 1 is 0.479 bits per heavy atom. The Bertz CT molecular complexity index is 1840. The van der Waals surface area contributed by atoms with Gasteiger partial charge in [-0.05, 0) is 54.3 Å². The normalized spacial score (nSPS) is 16.2. The molecule has 0 aliphatic rings. The quantitative estimate of drug-likeness (QED) is 0.0698. The number of nitrogens with one attached hydrogen (secondary N) is 3. The van der Waals surface area contributed by atoms with Gasteiger partial charge in [0.05, 0.1) is 0 Å². The molecule has 9 amide bonds. The molecule has 0 saturated carbocycles. The smallest absolute Gasteiger partial charge is 0.326 e. The van der Waals surface area contributed by atoms with Crippen molar-refractivity contribution in [2.75, 3.05) is 35.2 Å². The fraction of sp³-hybridized carbons (Fsp3) is 0.804. The van der Waals surface area contributed by atoms with E-state index in [1.54, 1.807) is 48.5 Å². The van der Waals surface area contributed by atoms with Gasteiger partial charge in [0.2, 0.25) is 53.2 Å². The zero-order chi connectivity index (χ0) is 55.7. The molecule has 11 atom stereocenters. The number of nitrogens with two attached hydrogens (primary N) is 1. The molecule has 0 aromatic rings. The van der Waals surface area contributed by atoms with E-state index in [0.29, 0.717) is 19.3 Å². The maximum atomic E-state index is 14.9. The highest BCUT2D eigenvalue weighted by Gasteiger charge is 2.45. The van der Waals surface area contributed by atoms with E-state index in [2.05, 4.69) is 16.0 Å². The topological polar surface area (TPSA) is 269 Å². The van der Waals surface area contributed by atoms with Crippen molar-refractivity contribution in [2.45, 2.75) is 191 Å². The minimum Gasteiger partial charge on any atom is -0.480 e. The predicted octanol–water partition coefficient (Wildman–Crippen LogP) is 3.10. The Morgan fingerprint density at radius 2 is 0.831 bits per heavy atom. The van der Waals surface area contributed by atoms with Crippen molar-refractivity contribution >= 4 is 59.1 Å². The molecule has 0 saturated heterocycles. The lowest BCUT2D eigenvalue weighted by Crippen LogP contribution is -2.63. The summed E-state index contributed by atoms with van der Waals surface area (Å²) in [7, 11) is 7.32. The van der Waals surface area contributed by atoms with Crippen molar-refractivity contribution in [2.24, 2.45) is 47.2 Å². The van der Waals surface area contributed by atoms with Crippen LogP contribution in [0.4, 0.5) is 0 Å². The van der Waals surface area contributed by atoms with Crippen LogP contribution in [-0.4, -0.2) is 172 Å². The van der Waals surface area contributed by atoms with Crippen molar-refractivity contribution in [1.29, 1.82) is 0 Å². The maximum absolute atomic E-state index is 14.9. The third-order valence-electron chi connectivity index (χ3n) is 13.9. The van der Waals surface area contributed by atoms with Gasteiger partial charge in [0.25, 0.3) is 0 Å². The molecule has 6 N–H and O–H groups in total. The van der Waals surface area contributed by atoms with E-state index in [-0.39, 0.29) is 37.0 Å². The lowest BCUT2D eigenvalue weighted by molar-refractivity contribution is -0.160. The number of hydrogen-bond acceptors (Lipinski definition) is 10. The van der Waals surface area contributed by atoms with Gasteiger partial charge in [0.1, 0.15) is 48.3 Å². The van der Waals surface area contributed by atoms with Gasteiger partial charge in [0, 0.05) is 48.6 Å². The summed E-state index contributed by atoms with van der Waals surface area (Å²) in [5, 5.41) is 18.2. The highest BCUT2D eigenvalue weighted by atomic mass is 16.4. The number of primary amides is 1. The lowest BCUT2D eigenvalue weighted by atomic mass is 9.90. The van der Waals surface area contributed by atoms with Crippen LogP contribution in [0, 0.1) is 41.4 Å². The summed E-state index contributed by atoms with van der Waals surface area (Å²) in [6.07, 6.45) is 1.33. The molecule has 408 valence electrons. The van der Waals surface area contributed by atoms with Crippen molar-refractivity contribution in [3.63, 3.8) is 0 Å². The summed E-state index contributed by atoms with van der Waals surface area (Å²) in [6.45, 7) is 26.3. The van der Waals surface area contributed by atoms with Crippen molar-refractivity contribution in [3.8, 4) is 0 Å². The average molecular weight is 1010 g/mol. The molecule has 0 unspecified atom stereocenters. The van der Waals surface area contributed by atoms with Crippen LogP contribution in [0.3, 0.4) is 0 Å². The summed E-state index contributed by atoms with van der Waals surface area (Å²) in [6, 6.07) is -9.02. The van der Waals surface area contributed by atoms with Gasteiger partial charge in [-0.2, -0.15) is 0 Å². The Hall–Kier alpha value is -5.30. The molecule has 20 heteroatoms. The SMILES string of the molecule is CC[C@H](C)[C@@H](C(=O)N(C)[C@H](C(=O)N(C)[C@H](C(=O)O)[C@@H](C)CC)[C@@H](C)CC)N(C)C(=O)[C@H](C(C)C)N(C)C(=O)[C@@H](NC(=O)[C@H](CC(C)C)N(C)C(=O)[C@@H](NC(=O)[C@@H](CCC(N)=O)NC(C)=O)C(C)C)C(C)C. The number of likely N-dealkylation sites (N-methyl/N-ethyl adjacent to an activating group) is 5. The van der Waals surface area contributed by atoms with E-state index in [9.17, 15) is 53.1 Å². The van der Waals surface area contributed by atoms with E-state index in [1.807, 2.05) is 48.5 Å². The third-order valence-corrected chi connectivity index (χ3v) is 13.9. The number of carbonyl (C=O) groups is 10. The van der Waals surface area contributed by atoms with E-state index >= 15 is 0 Å². The second-order valence-corrected chi connectivity index (χ2v) is 21.1. The zero-order valence-electron chi connectivity index (χ0n) is 46.7. The van der Waals surface area contributed by atoms with Gasteiger partial charge >= 0.3 is 5.97 Å². The molecular formula is C51H93N9O11. The minimum absolute atomic E-state index is 0.101. The Kier molecular flexibility index (Phi) is 27.7.